The molecule has 2 N–H and O–H groups in total. The van der Waals surface area contributed by atoms with Gasteiger partial charge in [0.05, 0.1) is 13.2 Å². The van der Waals surface area contributed by atoms with Crippen molar-refractivity contribution >= 4 is 11.6 Å². The van der Waals surface area contributed by atoms with E-state index < -0.39 is 0 Å². The average molecular weight is 374 g/mol. The van der Waals surface area contributed by atoms with E-state index in [1.807, 2.05) is 12.1 Å². The van der Waals surface area contributed by atoms with Crippen LogP contribution in [0.15, 0.2) is 72.8 Å². The van der Waals surface area contributed by atoms with Gasteiger partial charge in [0.1, 0.15) is 0 Å². The maximum Gasteiger partial charge on any atom is 0.167 e. The summed E-state index contributed by atoms with van der Waals surface area (Å²) in [5.74, 6) is -0.121. The Morgan fingerprint density at radius 3 is 1.25 bits per heavy atom. The number of hydrogen-bond acceptors (Lipinski definition) is 4. The zero-order valence-corrected chi connectivity index (χ0v) is 15.5. The van der Waals surface area contributed by atoms with Gasteiger partial charge in [-0.25, -0.2) is 0 Å². The molecule has 0 aromatic heterocycles. The van der Waals surface area contributed by atoms with Crippen molar-refractivity contribution in [3.05, 3.63) is 106 Å². The van der Waals surface area contributed by atoms with E-state index in [-0.39, 0.29) is 37.6 Å². The van der Waals surface area contributed by atoms with E-state index in [0.29, 0.717) is 33.4 Å². The van der Waals surface area contributed by atoms with Crippen molar-refractivity contribution in [2.75, 3.05) is 0 Å². The van der Waals surface area contributed by atoms with Crippen LogP contribution >= 0.6 is 0 Å². The van der Waals surface area contributed by atoms with Gasteiger partial charge in [-0.1, -0.05) is 72.8 Å². The molecule has 0 heterocycles. The minimum absolute atomic E-state index is 0.0605. The number of hydrogen-bond donors (Lipinski definition) is 2. The van der Waals surface area contributed by atoms with Gasteiger partial charge in [0, 0.05) is 24.0 Å². The van der Waals surface area contributed by atoms with Crippen LogP contribution < -0.4 is 0 Å². The summed E-state index contributed by atoms with van der Waals surface area (Å²) < 4.78 is 0. The lowest BCUT2D eigenvalue weighted by molar-refractivity contribution is 0.0978. The number of ketones is 2. The summed E-state index contributed by atoms with van der Waals surface area (Å²) in [6.45, 7) is -0.481. The molecule has 0 amide bonds. The van der Waals surface area contributed by atoms with Crippen molar-refractivity contribution in [1.82, 2.24) is 0 Å². The molecule has 0 saturated heterocycles. The minimum Gasteiger partial charge on any atom is -0.392 e. The fourth-order valence-corrected chi connectivity index (χ4v) is 3.21. The van der Waals surface area contributed by atoms with Crippen LogP contribution in [0.4, 0.5) is 0 Å². The second kappa shape index (κ2) is 9.22. The molecule has 0 atom stereocenters. The zero-order valence-electron chi connectivity index (χ0n) is 15.5. The zero-order chi connectivity index (χ0) is 19.9. The Labute approximate surface area is 164 Å². The van der Waals surface area contributed by atoms with Crippen molar-refractivity contribution < 1.29 is 19.8 Å². The van der Waals surface area contributed by atoms with Crippen molar-refractivity contribution in [3.63, 3.8) is 0 Å². The Bertz CT molecular complexity index is 882. The van der Waals surface area contributed by atoms with Gasteiger partial charge < -0.3 is 10.2 Å². The van der Waals surface area contributed by atoms with E-state index in [4.69, 9.17) is 0 Å². The molecule has 0 spiro atoms. The standard InChI is InChI=1S/C24H22O4/c25-15-21-11-19(13-23(27)17-7-3-1-4-8-17)20(12-22(21)16-26)14-24(28)18-9-5-2-6-10-18/h1-12,25-26H,13-16H2. The highest BCUT2D eigenvalue weighted by Crippen LogP contribution is 2.22. The Balaban J connectivity index is 1.94. The molecule has 0 aliphatic carbocycles. The molecule has 4 nitrogen and oxygen atoms in total. The molecule has 0 aliphatic rings. The lowest BCUT2D eigenvalue weighted by Crippen LogP contribution is -2.12. The highest BCUT2D eigenvalue weighted by molar-refractivity contribution is 5.99. The number of aliphatic hydroxyl groups is 2. The largest absolute Gasteiger partial charge is 0.392 e. The molecular weight excluding hydrogens is 352 g/mol. The van der Waals surface area contributed by atoms with Gasteiger partial charge in [-0.3, -0.25) is 9.59 Å². The van der Waals surface area contributed by atoms with Gasteiger partial charge in [0.2, 0.25) is 0 Å². The lowest BCUT2D eigenvalue weighted by atomic mass is 9.90. The molecule has 3 aromatic rings. The molecular formula is C24H22O4. The van der Waals surface area contributed by atoms with Crippen LogP contribution in [-0.2, 0) is 26.1 Å². The van der Waals surface area contributed by atoms with Crippen LogP contribution in [0, 0.1) is 0 Å². The molecule has 0 bridgehead atoms. The van der Waals surface area contributed by atoms with Crippen LogP contribution in [0.25, 0.3) is 0 Å². The molecule has 3 rings (SSSR count). The summed E-state index contributed by atoms with van der Waals surface area (Å²) >= 11 is 0. The first-order valence-corrected chi connectivity index (χ1v) is 9.14. The van der Waals surface area contributed by atoms with Crippen molar-refractivity contribution in [2.45, 2.75) is 26.1 Å². The molecule has 0 aliphatic heterocycles. The third kappa shape index (κ3) is 4.60. The second-order valence-corrected chi connectivity index (χ2v) is 6.64. The van der Waals surface area contributed by atoms with E-state index >= 15 is 0 Å². The van der Waals surface area contributed by atoms with Gasteiger partial charge in [-0.2, -0.15) is 0 Å². The SMILES string of the molecule is O=C(Cc1cc(CO)c(CO)cc1CC(=O)c1ccccc1)c1ccccc1. The second-order valence-electron chi connectivity index (χ2n) is 6.64. The summed E-state index contributed by atoms with van der Waals surface area (Å²) in [7, 11) is 0. The van der Waals surface area contributed by atoms with Crippen molar-refractivity contribution in [1.29, 1.82) is 0 Å². The molecule has 0 radical (unpaired) electrons. The van der Waals surface area contributed by atoms with Crippen LogP contribution in [-0.4, -0.2) is 21.8 Å². The third-order valence-electron chi connectivity index (χ3n) is 4.76. The number of benzene rings is 3. The van der Waals surface area contributed by atoms with Gasteiger partial charge in [0.25, 0.3) is 0 Å². The first-order chi connectivity index (χ1) is 13.6. The molecule has 142 valence electrons. The topological polar surface area (TPSA) is 74.6 Å². The minimum atomic E-state index is -0.241. The molecule has 0 saturated carbocycles. The number of Topliss-reactive ketones (excluding diaryl/α,β-unsaturated/α-hetero) is 2. The molecule has 4 heteroatoms. The first kappa shape index (κ1) is 19.7. The number of aliphatic hydroxyl groups excluding tert-OH is 2. The van der Waals surface area contributed by atoms with E-state index in [0.717, 1.165) is 0 Å². The Morgan fingerprint density at radius 2 is 0.929 bits per heavy atom. The predicted octanol–water partition coefficient (Wildman–Crippen LogP) is 3.52. The van der Waals surface area contributed by atoms with Crippen LogP contribution in [0.5, 0.6) is 0 Å². The molecule has 28 heavy (non-hydrogen) atoms. The quantitative estimate of drug-likeness (QED) is 0.592. The summed E-state index contributed by atoms with van der Waals surface area (Å²) in [6.07, 6.45) is 0.250. The van der Waals surface area contributed by atoms with Crippen molar-refractivity contribution in [2.24, 2.45) is 0 Å². The Kier molecular flexibility index (Phi) is 6.48. The summed E-state index contributed by atoms with van der Waals surface area (Å²) in [5, 5.41) is 19.2. The van der Waals surface area contributed by atoms with E-state index in [1.165, 1.54) is 0 Å². The van der Waals surface area contributed by atoms with E-state index in [1.54, 1.807) is 60.7 Å². The smallest absolute Gasteiger partial charge is 0.167 e. The molecule has 3 aromatic carbocycles. The normalized spacial score (nSPS) is 10.6. The highest BCUT2D eigenvalue weighted by Gasteiger charge is 2.16. The van der Waals surface area contributed by atoms with Gasteiger partial charge in [0.15, 0.2) is 11.6 Å². The van der Waals surface area contributed by atoms with E-state index in [2.05, 4.69) is 0 Å². The predicted molar refractivity (Wildman–Crippen MR) is 107 cm³/mol. The summed E-state index contributed by atoms with van der Waals surface area (Å²) in [4.78, 5) is 25.4. The first-order valence-electron chi connectivity index (χ1n) is 9.14. The fraction of sp³-hybridized carbons (Fsp3) is 0.167. The Hall–Kier alpha value is -3.08. The summed E-state index contributed by atoms with van der Waals surface area (Å²) in [6, 6.07) is 21.4. The maximum absolute atomic E-state index is 12.7. The maximum atomic E-state index is 12.7. The monoisotopic (exact) mass is 374 g/mol. The average Bonchev–Trinajstić information content (AvgIpc) is 2.75. The number of carbonyl (C=O) groups is 2. The highest BCUT2D eigenvalue weighted by atomic mass is 16.3. The van der Waals surface area contributed by atoms with Crippen LogP contribution in [0.2, 0.25) is 0 Å². The lowest BCUT2D eigenvalue weighted by Gasteiger charge is -2.14. The van der Waals surface area contributed by atoms with Gasteiger partial charge >= 0.3 is 0 Å². The summed E-state index contributed by atoms with van der Waals surface area (Å²) in [5.41, 5.74) is 3.71. The van der Waals surface area contributed by atoms with Crippen molar-refractivity contribution in [3.8, 4) is 0 Å². The van der Waals surface area contributed by atoms with Crippen LogP contribution in [0.1, 0.15) is 43.0 Å². The van der Waals surface area contributed by atoms with E-state index in [9.17, 15) is 19.8 Å². The Morgan fingerprint density at radius 1 is 0.571 bits per heavy atom. The molecule has 0 unspecified atom stereocenters. The molecule has 0 fully saturated rings. The third-order valence-corrected chi connectivity index (χ3v) is 4.76. The van der Waals surface area contributed by atoms with Crippen LogP contribution in [0.3, 0.4) is 0 Å². The van der Waals surface area contributed by atoms with Gasteiger partial charge in [-0.05, 0) is 22.3 Å². The fourth-order valence-electron chi connectivity index (χ4n) is 3.21. The van der Waals surface area contributed by atoms with Gasteiger partial charge in [-0.15, -0.1) is 0 Å². The number of rotatable bonds is 8. The number of carbonyl (C=O) groups excluding carboxylic acids is 2.